The van der Waals surface area contributed by atoms with E-state index in [1.807, 2.05) is 19.1 Å². The fraction of sp³-hybridized carbons (Fsp3) is 0.111. The molecule has 1 heterocycles. The van der Waals surface area contributed by atoms with Gasteiger partial charge in [-0.2, -0.15) is 0 Å². The van der Waals surface area contributed by atoms with Crippen molar-refractivity contribution in [1.82, 2.24) is 5.32 Å². The maximum atomic E-state index is 13.3. The van der Waals surface area contributed by atoms with Gasteiger partial charge in [-0.3, -0.25) is 14.9 Å². The summed E-state index contributed by atoms with van der Waals surface area (Å²) in [5.41, 5.74) is 2.41. The highest BCUT2D eigenvalue weighted by Gasteiger charge is 2.37. The molecule has 0 unspecified atom stereocenters. The van der Waals surface area contributed by atoms with Gasteiger partial charge in [-0.05, 0) is 47.9 Å². The third-order valence-electron chi connectivity index (χ3n) is 5.53. The maximum absolute atomic E-state index is 13.3. The molecule has 3 aromatic carbocycles. The SMILES string of the molecule is CCc1ccccc1N1C(=O)NC(=O)C(=Cc2ccccc2OCc2ccc(C(=O)O)cc2)C1=O. The van der Waals surface area contributed by atoms with E-state index in [-0.39, 0.29) is 17.7 Å². The van der Waals surface area contributed by atoms with Crippen LogP contribution in [0.2, 0.25) is 0 Å². The first-order valence-electron chi connectivity index (χ1n) is 10.9. The van der Waals surface area contributed by atoms with E-state index in [1.54, 1.807) is 48.5 Å². The number of carbonyl (C=O) groups excluding carboxylic acids is 3. The van der Waals surface area contributed by atoms with E-state index in [4.69, 9.17) is 9.84 Å². The summed E-state index contributed by atoms with van der Waals surface area (Å²) in [6.45, 7) is 2.06. The van der Waals surface area contributed by atoms with Crippen molar-refractivity contribution in [3.63, 3.8) is 0 Å². The molecule has 1 aliphatic heterocycles. The first kappa shape index (κ1) is 23.4. The lowest BCUT2D eigenvalue weighted by atomic mass is 10.0. The van der Waals surface area contributed by atoms with E-state index >= 15 is 0 Å². The van der Waals surface area contributed by atoms with Crippen molar-refractivity contribution < 1.29 is 29.0 Å². The molecule has 4 amide bonds. The summed E-state index contributed by atoms with van der Waals surface area (Å²) in [6, 6.07) is 19.4. The van der Waals surface area contributed by atoms with E-state index < -0.39 is 23.8 Å². The molecular weight excluding hydrogens is 448 g/mol. The first-order valence-corrected chi connectivity index (χ1v) is 10.9. The number of nitrogens with one attached hydrogen (secondary N) is 1. The van der Waals surface area contributed by atoms with Crippen LogP contribution in [0.1, 0.15) is 34.0 Å². The Kier molecular flexibility index (Phi) is 6.73. The maximum Gasteiger partial charge on any atom is 0.335 e. The van der Waals surface area contributed by atoms with Crippen LogP contribution in [-0.4, -0.2) is 28.9 Å². The molecule has 0 saturated carbocycles. The Hall–Kier alpha value is -4.72. The molecule has 176 valence electrons. The average Bonchev–Trinajstić information content (AvgIpc) is 2.86. The number of benzene rings is 3. The molecule has 1 fully saturated rings. The minimum atomic E-state index is -1.01. The molecule has 1 saturated heterocycles. The highest BCUT2D eigenvalue weighted by atomic mass is 16.5. The summed E-state index contributed by atoms with van der Waals surface area (Å²) in [6.07, 6.45) is 2.00. The molecule has 0 radical (unpaired) electrons. The minimum Gasteiger partial charge on any atom is -0.488 e. The Morgan fingerprint density at radius 2 is 1.66 bits per heavy atom. The number of rotatable bonds is 7. The molecular formula is C27H22N2O6. The van der Waals surface area contributed by atoms with Gasteiger partial charge < -0.3 is 9.84 Å². The van der Waals surface area contributed by atoms with Crippen LogP contribution < -0.4 is 15.0 Å². The van der Waals surface area contributed by atoms with Crippen LogP contribution in [0.15, 0.2) is 78.4 Å². The van der Waals surface area contributed by atoms with Gasteiger partial charge in [0.2, 0.25) is 0 Å². The summed E-state index contributed by atoms with van der Waals surface area (Å²) < 4.78 is 5.89. The number of nitrogens with zero attached hydrogens (tertiary/aromatic N) is 1. The Labute approximate surface area is 201 Å². The molecule has 0 atom stereocenters. The number of carboxylic acid groups (broad SMARTS) is 1. The predicted octanol–water partition coefficient (Wildman–Crippen LogP) is 4.19. The third kappa shape index (κ3) is 4.96. The van der Waals surface area contributed by atoms with Gasteiger partial charge in [0.1, 0.15) is 17.9 Å². The lowest BCUT2D eigenvalue weighted by molar-refractivity contribution is -0.122. The third-order valence-corrected chi connectivity index (χ3v) is 5.53. The van der Waals surface area contributed by atoms with Crippen LogP contribution >= 0.6 is 0 Å². The largest absolute Gasteiger partial charge is 0.488 e. The fourth-order valence-electron chi connectivity index (χ4n) is 3.70. The van der Waals surface area contributed by atoms with Gasteiger partial charge in [0.25, 0.3) is 11.8 Å². The first-order chi connectivity index (χ1) is 16.9. The van der Waals surface area contributed by atoms with Crippen molar-refractivity contribution in [2.75, 3.05) is 4.90 Å². The summed E-state index contributed by atoms with van der Waals surface area (Å²) in [7, 11) is 0. The van der Waals surface area contributed by atoms with Crippen molar-refractivity contribution in [2.24, 2.45) is 0 Å². The zero-order valence-corrected chi connectivity index (χ0v) is 18.9. The molecule has 0 spiro atoms. The zero-order chi connectivity index (χ0) is 24.9. The minimum absolute atomic E-state index is 0.148. The van der Waals surface area contributed by atoms with Gasteiger partial charge in [-0.1, -0.05) is 55.5 Å². The number of anilines is 1. The van der Waals surface area contributed by atoms with Crippen molar-refractivity contribution >= 4 is 35.6 Å². The van der Waals surface area contributed by atoms with E-state index in [9.17, 15) is 19.2 Å². The lowest BCUT2D eigenvalue weighted by Gasteiger charge is -2.28. The Morgan fingerprint density at radius 1 is 0.971 bits per heavy atom. The number of imide groups is 2. The van der Waals surface area contributed by atoms with E-state index in [0.29, 0.717) is 23.4 Å². The quantitative estimate of drug-likeness (QED) is 0.395. The van der Waals surface area contributed by atoms with Crippen LogP contribution in [-0.2, 0) is 22.6 Å². The monoisotopic (exact) mass is 470 g/mol. The Balaban J connectivity index is 1.62. The van der Waals surface area contributed by atoms with Gasteiger partial charge >= 0.3 is 12.0 Å². The highest BCUT2D eigenvalue weighted by Crippen LogP contribution is 2.28. The van der Waals surface area contributed by atoms with Crippen LogP contribution in [0.4, 0.5) is 10.5 Å². The van der Waals surface area contributed by atoms with Gasteiger partial charge in [-0.25, -0.2) is 14.5 Å². The number of aryl methyl sites for hydroxylation is 1. The zero-order valence-electron chi connectivity index (χ0n) is 18.9. The summed E-state index contributed by atoms with van der Waals surface area (Å²) in [4.78, 5) is 50.4. The van der Waals surface area contributed by atoms with Gasteiger partial charge in [-0.15, -0.1) is 0 Å². The summed E-state index contributed by atoms with van der Waals surface area (Å²) in [5.74, 6) is -2.11. The average molecular weight is 470 g/mol. The van der Waals surface area contributed by atoms with E-state index in [2.05, 4.69) is 5.32 Å². The number of aromatic carboxylic acids is 1. The summed E-state index contributed by atoms with van der Waals surface area (Å²) in [5, 5.41) is 11.3. The van der Waals surface area contributed by atoms with Gasteiger partial charge in [0.05, 0.1) is 11.3 Å². The predicted molar refractivity (Wildman–Crippen MR) is 129 cm³/mol. The lowest BCUT2D eigenvalue weighted by Crippen LogP contribution is -2.54. The second-order valence-electron chi connectivity index (χ2n) is 7.77. The molecule has 8 nitrogen and oxygen atoms in total. The van der Waals surface area contributed by atoms with Crippen LogP contribution in [0.3, 0.4) is 0 Å². The van der Waals surface area contributed by atoms with Crippen LogP contribution in [0.5, 0.6) is 5.75 Å². The van der Waals surface area contributed by atoms with Crippen molar-refractivity contribution in [1.29, 1.82) is 0 Å². The second kappa shape index (κ2) is 10.0. The van der Waals surface area contributed by atoms with Crippen LogP contribution in [0.25, 0.3) is 6.08 Å². The second-order valence-corrected chi connectivity index (χ2v) is 7.77. The molecule has 0 bridgehead atoms. The smallest absolute Gasteiger partial charge is 0.335 e. The number of urea groups is 1. The number of ether oxygens (including phenoxy) is 1. The summed E-state index contributed by atoms with van der Waals surface area (Å²) >= 11 is 0. The molecule has 4 rings (SSSR count). The van der Waals surface area contributed by atoms with Crippen LogP contribution in [0, 0.1) is 0 Å². The highest BCUT2D eigenvalue weighted by molar-refractivity contribution is 6.39. The normalized spacial score (nSPS) is 14.7. The molecule has 0 aromatic heterocycles. The number of amides is 4. The Bertz CT molecular complexity index is 1340. The topological polar surface area (TPSA) is 113 Å². The molecule has 0 aliphatic carbocycles. The standard InChI is InChI=1S/C27H22N2O6/c1-2-18-7-3-5-9-22(18)29-25(31)21(24(30)28-27(29)34)15-20-8-4-6-10-23(20)35-16-17-11-13-19(14-12-17)26(32)33/h3-15H,2,16H2,1H3,(H,32,33)(H,28,30,34). The molecule has 35 heavy (non-hydrogen) atoms. The number of barbiturate groups is 1. The van der Waals surface area contributed by atoms with E-state index in [1.165, 1.54) is 18.2 Å². The van der Waals surface area contributed by atoms with Crippen molar-refractivity contribution in [2.45, 2.75) is 20.0 Å². The van der Waals surface area contributed by atoms with E-state index in [0.717, 1.165) is 16.0 Å². The number of hydrogen-bond donors (Lipinski definition) is 2. The molecule has 2 N–H and O–H groups in total. The number of carboxylic acids is 1. The van der Waals surface area contributed by atoms with Crippen molar-refractivity contribution in [3.8, 4) is 5.75 Å². The number of carbonyl (C=O) groups is 4. The fourth-order valence-corrected chi connectivity index (χ4v) is 3.70. The number of para-hydroxylation sites is 2. The molecule has 1 aliphatic rings. The van der Waals surface area contributed by atoms with Gasteiger partial charge in [0, 0.05) is 5.56 Å². The number of hydrogen-bond acceptors (Lipinski definition) is 5. The van der Waals surface area contributed by atoms with Crippen molar-refractivity contribution in [3.05, 3.63) is 101 Å². The van der Waals surface area contributed by atoms with Gasteiger partial charge in [0.15, 0.2) is 0 Å². The molecule has 3 aromatic rings. The molecule has 8 heteroatoms. The Morgan fingerprint density at radius 3 is 2.37 bits per heavy atom.